The molecule has 0 saturated carbocycles. The van der Waals surface area contributed by atoms with Crippen LogP contribution in [0.3, 0.4) is 0 Å². The number of furan rings is 1. The molecule has 120 valence electrons. The van der Waals surface area contributed by atoms with Crippen LogP contribution < -0.4 is 0 Å². The van der Waals surface area contributed by atoms with E-state index < -0.39 is 0 Å². The SMILES string of the molecule is CCCCCCCCCc1oc2c(O)ccc(C)c2c1C=O. The van der Waals surface area contributed by atoms with Gasteiger partial charge in [0.25, 0.3) is 0 Å². The van der Waals surface area contributed by atoms with Crippen molar-refractivity contribution in [1.82, 2.24) is 0 Å². The molecule has 1 heterocycles. The van der Waals surface area contributed by atoms with Crippen LogP contribution in [0.5, 0.6) is 5.75 Å². The average molecular weight is 302 g/mol. The lowest BCUT2D eigenvalue weighted by Gasteiger charge is -2.00. The summed E-state index contributed by atoms with van der Waals surface area (Å²) in [7, 11) is 0. The van der Waals surface area contributed by atoms with Gasteiger partial charge in [-0.25, -0.2) is 0 Å². The second-order valence-electron chi connectivity index (χ2n) is 6.03. The number of phenols is 1. The van der Waals surface area contributed by atoms with Gasteiger partial charge in [0.2, 0.25) is 0 Å². The van der Waals surface area contributed by atoms with Crippen LogP contribution in [0, 0.1) is 6.92 Å². The van der Waals surface area contributed by atoms with E-state index in [0.29, 0.717) is 16.9 Å². The van der Waals surface area contributed by atoms with E-state index in [1.165, 1.54) is 32.1 Å². The molecule has 0 atom stereocenters. The predicted molar refractivity (Wildman–Crippen MR) is 89.7 cm³/mol. The van der Waals surface area contributed by atoms with Crippen molar-refractivity contribution in [2.75, 3.05) is 0 Å². The first-order valence-corrected chi connectivity index (χ1v) is 8.38. The fraction of sp³-hybridized carbons (Fsp3) is 0.526. The van der Waals surface area contributed by atoms with Crippen molar-refractivity contribution in [3.63, 3.8) is 0 Å². The van der Waals surface area contributed by atoms with Crippen LogP contribution in [0.4, 0.5) is 0 Å². The summed E-state index contributed by atoms with van der Waals surface area (Å²) in [4.78, 5) is 11.4. The van der Waals surface area contributed by atoms with Crippen LogP contribution in [-0.4, -0.2) is 11.4 Å². The molecule has 0 fully saturated rings. The van der Waals surface area contributed by atoms with Crippen molar-refractivity contribution in [1.29, 1.82) is 0 Å². The number of aromatic hydroxyl groups is 1. The van der Waals surface area contributed by atoms with Crippen LogP contribution in [0.1, 0.15) is 73.6 Å². The highest BCUT2D eigenvalue weighted by atomic mass is 16.4. The van der Waals surface area contributed by atoms with Crippen molar-refractivity contribution in [3.8, 4) is 5.75 Å². The number of fused-ring (bicyclic) bond motifs is 1. The van der Waals surface area contributed by atoms with Gasteiger partial charge in [0.1, 0.15) is 5.76 Å². The lowest BCUT2D eigenvalue weighted by molar-refractivity contribution is 0.112. The minimum Gasteiger partial charge on any atom is -0.504 e. The third-order valence-corrected chi connectivity index (χ3v) is 4.27. The van der Waals surface area contributed by atoms with Gasteiger partial charge in [-0.3, -0.25) is 4.79 Å². The Hall–Kier alpha value is -1.77. The zero-order chi connectivity index (χ0) is 15.9. The van der Waals surface area contributed by atoms with Gasteiger partial charge in [-0.05, 0) is 25.0 Å². The molecular weight excluding hydrogens is 276 g/mol. The maximum atomic E-state index is 11.4. The molecule has 0 saturated heterocycles. The first-order valence-electron chi connectivity index (χ1n) is 8.38. The number of carbonyl (C=O) groups excluding carboxylic acids is 1. The summed E-state index contributed by atoms with van der Waals surface area (Å²) in [5.41, 5.74) is 2.01. The number of phenolic OH excluding ortho intramolecular Hbond substituents is 1. The summed E-state index contributed by atoms with van der Waals surface area (Å²) in [6.45, 7) is 4.15. The number of carbonyl (C=O) groups is 1. The number of rotatable bonds is 9. The fourth-order valence-corrected chi connectivity index (χ4v) is 2.98. The predicted octanol–water partition coefficient (Wildman–Crippen LogP) is 5.55. The third-order valence-electron chi connectivity index (χ3n) is 4.27. The molecule has 3 nitrogen and oxygen atoms in total. The number of aryl methyl sites for hydroxylation is 2. The summed E-state index contributed by atoms with van der Waals surface area (Å²) >= 11 is 0. The lowest BCUT2D eigenvalue weighted by Crippen LogP contribution is -1.90. The molecule has 0 aliphatic rings. The molecule has 1 N–H and O–H groups in total. The van der Waals surface area contributed by atoms with Gasteiger partial charge in [-0.1, -0.05) is 51.5 Å². The van der Waals surface area contributed by atoms with Gasteiger partial charge in [-0.15, -0.1) is 0 Å². The zero-order valence-corrected chi connectivity index (χ0v) is 13.7. The lowest BCUT2D eigenvalue weighted by atomic mass is 10.0. The second kappa shape index (κ2) is 8.02. The monoisotopic (exact) mass is 302 g/mol. The largest absolute Gasteiger partial charge is 0.504 e. The summed E-state index contributed by atoms with van der Waals surface area (Å²) in [5.74, 6) is 0.817. The van der Waals surface area contributed by atoms with Crippen LogP contribution in [0.15, 0.2) is 16.5 Å². The van der Waals surface area contributed by atoms with E-state index in [4.69, 9.17) is 4.42 Å². The van der Waals surface area contributed by atoms with Gasteiger partial charge >= 0.3 is 0 Å². The van der Waals surface area contributed by atoms with E-state index in [1.807, 2.05) is 13.0 Å². The van der Waals surface area contributed by atoms with E-state index in [0.717, 1.165) is 36.5 Å². The van der Waals surface area contributed by atoms with Crippen molar-refractivity contribution in [3.05, 3.63) is 29.0 Å². The van der Waals surface area contributed by atoms with Crippen LogP contribution in [-0.2, 0) is 6.42 Å². The fourth-order valence-electron chi connectivity index (χ4n) is 2.98. The highest BCUT2D eigenvalue weighted by Crippen LogP contribution is 2.34. The molecule has 0 spiro atoms. The molecule has 1 aromatic heterocycles. The van der Waals surface area contributed by atoms with Crippen molar-refractivity contribution >= 4 is 17.3 Å². The van der Waals surface area contributed by atoms with E-state index in [-0.39, 0.29) is 5.75 Å². The summed E-state index contributed by atoms with van der Waals surface area (Å²) in [6, 6.07) is 3.44. The third kappa shape index (κ3) is 3.70. The van der Waals surface area contributed by atoms with E-state index in [2.05, 4.69) is 6.92 Å². The molecule has 1 aromatic carbocycles. The Morgan fingerprint density at radius 3 is 2.45 bits per heavy atom. The van der Waals surface area contributed by atoms with Gasteiger partial charge in [0.15, 0.2) is 17.6 Å². The summed E-state index contributed by atoms with van der Waals surface area (Å²) in [5, 5.41) is 10.7. The molecule has 3 heteroatoms. The number of hydrogen-bond donors (Lipinski definition) is 1. The molecule has 2 aromatic rings. The van der Waals surface area contributed by atoms with Crippen LogP contribution in [0.2, 0.25) is 0 Å². The van der Waals surface area contributed by atoms with E-state index >= 15 is 0 Å². The van der Waals surface area contributed by atoms with Gasteiger partial charge in [-0.2, -0.15) is 0 Å². The molecule has 22 heavy (non-hydrogen) atoms. The Bertz CT molecular complexity index is 625. The highest BCUT2D eigenvalue weighted by Gasteiger charge is 2.17. The Balaban J connectivity index is 2.01. The Morgan fingerprint density at radius 1 is 1.09 bits per heavy atom. The van der Waals surface area contributed by atoms with Gasteiger partial charge in [0, 0.05) is 11.8 Å². The normalized spacial score (nSPS) is 11.2. The topological polar surface area (TPSA) is 50.4 Å². The van der Waals surface area contributed by atoms with Crippen LogP contribution in [0.25, 0.3) is 11.0 Å². The number of benzene rings is 1. The van der Waals surface area contributed by atoms with E-state index in [9.17, 15) is 9.90 Å². The molecule has 0 bridgehead atoms. The standard InChI is InChI=1S/C19H26O3/c1-3-4-5-6-7-8-9-10-17-15(13-20)18-14(2)11-12-16(21)19(18)22-17/h11-13,21H,3-10H2,1-2H3. The minimum atomic E-state index is 0.106. The van der Waals surface area contributed by atoms with Crippen molar-refractivity contribution in [2.45, 2.75) is 65.2 Å². The van der Waals surface area contributed by atoms with Crippen molar-refractivity contribution in [2.24, 2.45) is 0 Å². The first kappa shape index (κ1) is 16.6. The number of hydrogen-bond acceptors (Lipinski definition) is 3. The first-order chi connectivity index (χ1) is 10.7. The van der Waals surface area contributed by atoms with Crippen molar-refractivity contribution < 1.29 is 14.3 Å². The molecule has 0 radical (unpaired) electrons. The highest BCUT2D eigenvalue weighted by molar-refractivity contribution is 6.01. The molecule has 0 amide bonds. The van der Waals surface area contributed by atoms with Crippen LogP contribution >= 0.6 is 0 Å². The molecule has 0 aliphatic carbocycles. The maximum Gasteiger partial charge on any atom is 0.176 e. The van der Waals surface area contributed by atoms with E-state index in [1.54, 1.807) is 6.07 Å². The summed E-state index contributed by atoms with van der Waals surface area (Å²) < 4.78 is 5.77. The Kier molecular flexibility index (Phi) is 6.05. The molecular formula is C19H26O3. The molecule has 0 aliphatic heterocycles. The average Bonchev–Trinajstić information content (AvgIpc) is 2.90. The number of unbranched alkanes of at least 4 members (excludes halogenated alkanes) is 6. The zero-order valence-electron chi connectivity index (χ0n) is 13.7. The summed E-state index contributed by atoms with van der Waals surface area (Å²) in [6.07, 6.45) is 10.2. The molecule has 0 unspecified atom stereocenters. The smallest absolute Gasteiger partial charge is 0.176 e. The van der Waals surface area contributed by atoms with Gasteiger partial charge in [0.05, 0.1) is 5.56 Å². The maximum absolute atomic E-state index is 11.4. The second-order valence-corrected chi connectivity index (χ2v) is 6.03. The molecule has 2 rings (SSSR count). The Morgan fingerprint density at radius 2 is 1.77 bits per heavy atom. The number of aldehydes is 1. The Labute approximate surface area is 132 Å². The quantitative estimate of drug-likeness (QED) is 0.488. The minimum absolute atomic E-state index is 0.106. The van der Waals surface area contributed by atoms with Gasteiger partial charge < -0.3 is 9.52 Å².